The molecule has 4 nitrogen and oxygen atoms in total. The van der Waals surface area contributed by atoms with Crippen molar-refractivity contribution in [2.45, 2.75) is 51.3 Å². The van der Waals surface area contributed by atoms with E-state index in [1.807, 2.05) is 39.0 Å². The summed E-state index contributed by atoms with van der Waals surface area (Å²) in [6.07, 6.45) is 1.01. The van der Waals surface area contributed by atoms with Crippen molar-refractivity contribution >= 4 is 17.0 Å². The Morgan fingerprint density at radius 2 is 1.66 bits per heavy atom. The van der Waals surface area contributed by atoms with E-state index in [1.54, 1.807) is 6.92 Å². The third-order valence-electron chi connectivity index (χ3n) is 4.43. The van der Waals surface area contributed by atoms with E-state index in [-0.39, 0.29) is 6.04 Å². The summed E-state index contributed by atoms with van der Waals surface area (Å²) < 4.78 is 20.5. The molecule has 2 aromatic carbocycles. The number of hydrogen-bond donors (Lipinski definition) is 1. The highest BCUT2D eigenvalue weighted by atomic mass is 32.2. The zero-order valence-corrected chi connectivity index (χ0v) is 18.6. The van der Waals surface area contributed by atoms with Gasteiger partial charge in [-0.1, -0.05) is 61.2 Å². The van der Waals surface area contributed by atoms with Crippen LogP contribution < -0.4 is 4.72 Å². The number of carbonyl (C=O) groups excluding carboxylic acids is 1. The minimum atomic E-state index is -1.25. The molecule has 0 aromatic heterocycles. The minimum absolute atomic E-state index is 0.186. The molecule has 0 saturated heterocycles. The molecule has 5 heteroatoms. The highest BCUT2D eigenvalue weighted by Gasteiger charge is 2.24. The molecule has 0 aliphatic heterocycles. The summed E-state index contributed by atoms with van der Waals surface area (Å²) in [5, 5.41) is 0. The van der Waals surface area contributed by atoms with Crippen molar-refractivity contribution in [1.29, 1.82) is 0 Å². The second-order valence-corrected chi connectivity index (χ2v) is 9.99. The topological polar surface area (TPSA) is 55.4 Å². The van der Waals surface area contributed by atoms with Crippen LogP contribution in [0.5, 0.6) is 0 Å². The van der Waals surface area contributed by atoms with E-state index in [4.69, 9.17) is 4.74 Å². The van der Waals surface area contributed by atoms with Gasteiger partial charge in [0.25, 0.3) is 0 Å². The van der Waals surface area contributed by atoms with E-state index in [2.05, 4.69) is 47.7 Å². The first kappa shape index (κ1) is 23.0. The zero-order valence-electron chi connectivity index (χ0n) is 17.7. The van der Waals surface area contributed by atoms with E-state index >= 15 is 0 Å². The van der Waals surface area contributed by atoms with Gasteiger partial charge in [0.1, 0.15) is 0 Å². The van der Waals surface area contributed by atoms with Gasteiger partial charge in [-0.2, -0.15) is 0 Å². The Morgan fingerprint density at radius 1 is 1.07 bits per heavy atom. The largest absolute Gasteiger partial charge is 0.463 e. The van der Waals surface area contributed by atoms with Gasteiger partial charge in [-0.05, 0) is 57.2 Å². The fourth-order valence-electron chi connectivity index (χ4n) is 2.85. The summed E-state index contributed by atoms with van der Waals surface area (Å²) in [5.74, 6) is -0.403. The maximum Gasteiger partial charge on any atom is 0.333 e. The molecular formula is C24H31NO3S. The predicted molar refractivity (Wildman–Crippen MR) is 121 cm³/mol. The maximum absolute atomic E-state index is 12.6. The maximum atomic E-state index is 12.6. The first-order valence-corrected chi connectivity index (χ1v) is 11.0. The summed E-state index contributed by atoms with van der Waals surface area (Å²) in [6, 6.07) is 18.3. The van der Waals surface area contributed by atoms with Crippen LogP contribution in [-0.2, 0) is 26.9 Å². The van der Waals surface area contributed by atoms with Crippen LogP contribution in [0.2, 0.25) is 0 Å². The van der Waals surface area contributed by atoms with Crippen LogP contribution in [0, 0.1) is 0 Å². The molecule has 2 atom stereocenters. The van der Waals surface area contributed by atoms with Crippen molar-refractivity contribution in [3.05, 3.63) is 72.3 Å². The monoisotopic (exact) mass is 413 g/mol. The van der Waals surface area contributed by atoms with Gasteiger partial charge in [0.2, 0.25) is 0 Å². The van der Waals surface area contributed by atoms with Crippen molar-refractivity contribution in [3.63, 3.8) is 0 Å². The molecule has 0 aliphatic carbocycles. The Morgan fingerprint density at radius 3 is 2.21 bits per heavy atom. The number of nitrogens with one attached hydrogen (secondary N) is 1. The lowest BCUT2D eigenvalue weighted by Gasteiger charge is -2.25. The van der Waals surface area contributed by atoms with Crippen LogP contribution in [0.4, 0.5) is 0 Å². The Hall–Kier alpha value is -2.24. The Labute approximate surface area is 177 Å². The second-order valence-electron chi connectivity index (χ2n) is 7.99. The van der Waals surface area contributed by atoms with Crippen molar-refractivity contribution in [2.24, 2.45) is 0 Å². The molecule has 0 aliphatic rings. The molecule has 0 amide bonds. The fraction of sp³-hybridized carbons (Fsp3) is 0.375. The Kier molecular flexibility index (Phi) is 8.35. The first-order chi connectivity index (χ1) is 13.7. The van der Waals surface area contributed by atoms with Crippen molar-refractivity contribution in [3.8, 4) is 11.1 Å². The molecule has 2 rings (SSSR count). The summed E-state index contributed by atoms with van der Waals surface area (Å²) in [7, 11) is -1.25. The Bertz CT molecular complexity index is 839. The van der Waals surface area contributed by atoms with Crippen LogP contribution >= 0.6 is 0 Å². The number of rotatable bonds is 9. The molecule has 29 heavy (non-hydrogen) atoms. The number of carbonyl (C=O) groups is 1. The van der Waals surface area contributed by atoms with Gasteiger partial charge in [-0.3, -0.25) is 0 Å². The smallest absolute Gasteiger partial charge is 0.333 e. The molecule has 0 saturated carbocycles. The lowest BCUT2D eigenvalue weighted by molar-refractivity contribution is -0.138. The molecule has 0 unspecified atom stereocenters. The van der Waals surface area contributed by atoms with Gasteiger partial charge in [0.05, 0.1) is 22.3 Å². The zero-order chi connectivity index (χ0) is 21.4. The van der Waals surface area contributed by atoms with Gasteiger partial charge in [0, 0.05) is 11.6 Å². The number of ether oxygens (including phenoxy) is 1. The van der Waals surface area contributed by atoms with Crippen LogP contribution in [0.3, 0.4) is 0 Å². The molecule has 0 heterocycles. The van der Waals surface area contributed by atoms with Crippen molar-refractivity contribution in [1.82, 2.24) is 4.72 Å². The van der Waals surface area contributed by atoms with Crippen LogP contribution in [0.15, 0.2) is 66.7 Å². The first-order valence-electron chi connectivity index (χ1n) is 9.88. The number of benzene rings is 2. The quantitative estimate of drug-likeness (QED) is 0.473. The predicted octanol–water partition coefficient (Wildman–Crippen LogP) is 4.83. The van der Waals surface area contributed by atoms with Gasteiger partial charge >= 0.3 is 5.97 Å². The summed E-state index contributed by atoms with van der Waals surface area (Å²) in [6.45, 7) is 11.7. The standard InChI is InChI=1S/C24H31NO3S/c1-6-28-23(26)18(2)16-22(25-29(27)24(3,4)5)17-19-12-14-21(15-13-19)20-10-8-7-9-11-20/h7-15,22,25H,2,6,16-17H2,1,3-5H3/t22-,29-/m0/s1. The molecule has 0 bridgehead atoms. The highest BCUT2D eigenvalue weighted by Crippen LogP contribution is 2.21. The van der Waals surface area contributed by atoms with Gasteiger partial charge in [-0.15, -0.1) is 0 Å². The molecule has 1 N–H and O–H groups in total. The van der Waals surface area contributed by atoms with Crippen LogP contribution in [-0.4, -0.2) is 27.6 Å². The summed E-state index contributed by atoms with van der Waals surface area (Å²) in [4.78, 5) is 12.0. The molecular weight excluding hydrogens is 382 g/mol. The van der Waals surface area contributed by atoms with Crippen molar-refractivity contribution in [2.75, 3.05) is 6.61 Å². The average molecular weight is 414 g/mol. The van der Waals surface area contributed by atoms with Crippen LogP contribution in [0.1, 0.15) is 39.7 Å². The van der Waals surface area contributed by atoms with E-state index in [0.717, 1.165) is 11.1 Å². The van der Waals surface area contributed by atoms with Crippen molar-refractivity contribution < 1.29 is 13.7 Å². The lowest BCUT2D eigenvalue weighted by Crippen LogP contribution is -2.41. The van der Waals surface area contributed by atoms with E-state index < -0.39 is 21.7 Å². The molecule has 2 aromatic rings. The van der Waals surface area contributed by atoms with Gasteiger partial charge in [-0.25, -0.2) is 13.7 Å². The van der Waals surface area contributed by atoms with Crippen LogP contribution in [0.25, 0.3) is 11.1 Å². The molecule has 156 valence electrons. The SMILES string of the molecule is C=C(C[C@@H](Cc1ccc(-c2ccccc2)cc1)N[S@@](=O)C(C)(C)C)C(=O)OCC. The number of esters is 1. The number of hydrogen-bond acceptors (Lipinski definition) is 3. The third kappa shape index (κ3) is 7.26. The Balaban J connectivity index is 2.14. The molecule has 0 radical (unpaired) electrons. The minimum Gasteiger partial charge on any atom is -0.463 e. The third-order valence-corrected chi connectivity index (χ3v) is 6.09. The summed E-state index contributed by atoms with van der Waals surface area (Å²) >= 11 is 0. The highest BCUT2D eigenvalue weighted by molar-refractivity contribution is 7.84. The van der Waals surface area contributed by atoms with E-state index in [1.165, 1.54) is 5.56 Å². The normalized spacial score (nSPS) is 13.5. The van der Waals surface area contributed by atoms with E-state index in [0.29, 0.717) is 25.0 Å². The summed E-state index contributed by atoms with van der Waals surface area (Å²) in [5.41, 5.74) is 3.80. The van der Waals surface area contributed by atoms with E-state index in [9.17, 15) is 9.00 Å². The second kappa shape index (κ2) is 10.5. The van der Waals surface area contributed by atoms with Gasteiger partial charge in [0.15, 0.2) is 0 Å². The van der Waals surface area contributed by atoms with Gasteiger partial charge < -0.3 is 4.74 Å². The fourth-order valence-corrected chi connectivity index (χ4v) is 3.67. The average Bonchev–Trinajstić information content (AvgIpc) is 2.68. The molecule has 0 fully saturated rings. The molecule has 0 spiro atoms. The lowest BCUT2D eigenvalue weighted by atomic mass is 9.98.